The second kappa shape index (κ2) is 10.7. The Hall–Kier alpha value is -3.99. The van der Waals surface area contributed by atoms with Crippen LogP contribution in [0.25, 0.3) is 11.2 Å². The van der Waals surface area contributed by atoms with Gasteiger partial charge in [0.25, 0.3) is 5.56 Å². The van der Waals surface area contributed by atoms with Crippen molar-refractivity contribution in [2.75, 3.05) is 42.9 Å². The number of pyridine rings is 1. The number of anilines is 2. The maximum absolute atomic E-state index is 12.7. The molecule has 1 N–H and O–H groups in total. The minimum atomic E-state index is -0.496. The van der Waals surface area contributed by atoms with Crippen LogP contribution in [0.2, 0.25) is 0 Å². The molecule has 0 saturated carbocycles. The molecule has 11 nitrogen and oxygen atoms in total. The van der Waals surface area contributed by atoms with Crippen LogP contribution in [0.3, 0.4) is 0 Å². The number of carbonyl (C=O) groups excluding carboxylic acids is 1. The number of imidazole rings is 1. The van der Waals surface area contributed by atoms with Crippen molar-refractivity contribution in [2.24, 2.45) is 14.1 Å². The highest BCUT2D eigenvalue weighted by atomic mass is 16.2. The van der Waals surface area contributed by atoms with E-state index in [0.717, 1.165) is 43.0 Å². The van der Waals surface area contributed by atoms with Gasteiger partial charge in [0.15, 0.2) is 11.2 Å². The molecule has 0 aromatic carbocycles. The molecule has 0 radical (unpaired) electrons. The first-order chi connectivity index (χ1) is 17.3. The molecule has 4 heterocycles. The fourth-order valence-electron chi connectivity index (χ4n) is 4.38. The maximum Gasteiger partial charge on any atom is 0.332 e. The van der Waals surface area contributed by atoms with Crippen molar-refractivity contribution in [1.29, 1.82) is 0 Å². The number of hydrogen-bond donors (Lipinski definition) is 1. The van der Waals surface area contributed by atoms with Crippen LogP contribution in [-0.2, 0) is 25.4 Å². The SMILES string of the molecule is CC=CC(=CC)CN1CCN(c2ccc(NC(=O)Cn3cnc4c3c(=O)n(C)c(=O)n4C)nc2)CC1. The van der Waals surface area contributed by atoms with Gasteiger partial charge in [0.2, 0.25) is 5.91 Å². The highest BCUT2D eigenvalue weighted by Gasteiger charge is 2.19. The Morgan fingerprint density at radius 2 is 1.78 bits per heavy atom. The molecule has 36 heavy (non-hydrogen) atoms. The molecule has 1 aliphatic rings. The summed E-state index contributed by atoms with van der Waals surface area (Å²) in [6.07, 6.45) is 9.53. The van der Waals surface area contributed by atoms with E-state index in [1.807, 2.05) is 13.0 Å². The van der Waals surface area contributed by atoms with E-state index in [9.17, 15) is 14.4 Å². The number of hydrogen-bond acceptors (Lipinski definition) is 7. The third kappa shape index (κ3) is 5.15. The molecular formula is C25H32N8O3. The summed E-state index contributed by atoms with van der Waals surface area (Å²) in [6.45, 7) is 8.68. The van der Waals surface area contributed by atoms with Crippen LogP contribution in [0.4, 0.5) is 11.5 Å². The Kier molecular flexibility index (Phi) is 7.49. The summed E-state index contributed by atoms with van der Waals surface area (Å²) in [7, 11) is 2.94. The first-order valence-corrected chi connectivity index (χ1v) is 11.9. The predicted molar refractivity (Wildman–Crippen MR) is 140 cm³/mol. The standard InChI is InChI=1S/C25H32N8O3/c1-5-7-18(6-2)15-31-10-12-32(13-11-31)19-8-9-20(26-14-19)28-21(34)16-33-17-27-23-22(33)24(35)30(4)25(36)29(23)3/h5-9,14,17H,10-13,15-16H2,1-4H3,(H,26,28,34). The third-order valence-electron chi connectivity index (χ3n) is 6.44. The zero-order chi connectivity index (χ0) is 25.8. The highest BCUT2D eigenvalue weighted by Crippen LogP contribution is 2.18. The van der Waals surface area contributed by atoms with Crippen molar-refractivity contribution < 1.29 is 4.79 Å². The zero-order valence-corrected chi connectivity index (χ0v) is 21.1. The predicted octanol–water partition coefficient (Wildman–Crippen LogP) is 1.11. The number of aryl methyl sites for hydroxylation is 1. The van der Waals surface area contributed by atoms with E-state index >= 15 is 0 Å². The van der Waals surface area contributed by atoms with E-state index in [1.54, 1.807) is 12.3 Å². The highest BCUT2D eigenvalue weighted by molar-refractivity contribution is 5.90. The summed E-state index contributed by atoms with van der Waals surface area (Å²) in [5.74, 6) is 0.0798. The summed E-state index contributed by atoms with van der Waals surface area (Å²) in [6, 6.07) is 3.73. The normalized spacial score (nSPS) is 15.2. The van der Waals surface area contributed by atoms with E-state index in [2.05, 4.69) is 50.2 Å². The van der Waals surface area contributed by atoms with Crippen molar-refractivity contribution >= 4 is 28.6 Å². The van der Waals surface area contributed by atoms with Crippen LogP contribution in [0, 0.1) is 0 Å². The van der Waals surface area contributed by atoms with Gasteiger partial charge < -0.3 is 14.8 Å². The van der Waals surface area contributed by atoms with Crippen LogP contribution in [0.1, 0.15) is 13.8 Å². The van der Waals surface area contributed by atoms with Crippen molar-refractivity contribution in [1.82, 2.24) is 28.6 Å². The molecule has 4 rings (SSSR count). The zero-order valence-electron chi connectivity index (χ0n) is 21.1. The van der Waals surface area contributed by atoms with Crippen molar-refractivity contribution in [3.05, 3.63) is 69.3 Å². The lowest BCUT2D eigenvalue weighted by Crippen LogP contribution is -2.46. The van der Waals surface area contributed by atoms with Gasteiger partial charge in [0, 0.05) is 46.8 Å². The summed E-state index contributed by atoms with van der Waals surface area (Å²) in [4.78, 5) is 50.6. The summed E-state index contributed by atoms with van der Waals surface area (Å²) < 4.78 is 3.73. The van der Waals surface area contributed by atoms with Crippen LogP contribution >= 0.6 is 0 Å². The Morgan fingerprint density at radius 1 is 1.03 bits per heavy atom. The van der Waals surface area contributed by atoms with Crippen LogP contribution in [0.5, 0.6) is 0 Å². The Labute approximate surface area is 209 Å². The van der Waals surface area contributed by atoms with Gasteiger partial charge in [-0.05, 0) is 31.6 Å². The lowest BCUT2D eigenvalue weighted by Gasteiger charge is -2.36. The van der Waals surface area contributed by atoms with E-state index in [0.29, 0.717) is 5.82 Å². The molecule has 0 aliphatic carbocycles. The Balaban J connectivity index is 1.36. The van der Waals surface area contributed by atoms with Gasteiger partial charge >= 0.3 is 5.69 Å². The molecule has 1 aliphatic heterocycles. The number of piperazine rings is 1. The largest absolute Gasteiger partial charge is 0.368 e. The molecule has 0 spiro atoms. The average Bonchev–Trinajstić information content (AvgIpc) is 3.30. The van der Waals surface area contributed by atoms with Gasteiger partial charge in [-0.3, -0.25) is 23.6 Å². The smallest absolute Gasteiger partial charge is 0.332 e. The van der Waals surface area contributed by atoms with Gasteiger partial charge in [0.05, 0.1) is 18.2 Å². The van der Waals surface area contributed by atoms with E-state index < -0.39 is 11.2 Å². The molecule has 190 valence electrons. The topological polar surface area (TPSA) is 110 Å². The van der Waals surface area contributed by atoms with Crippen molar-refractivity contribution in [3.63, 3.8) is 0 Å². The molecular weight excluding hydrogens is 460 g/mol. The molecule has 0 unspecified atom stereocenters. The number of aromatic nitrogens is 5. The van der Waals surface area contributed by atoms with Gasteiger partial charge in [-0.2, -0.15) is 0 Å². The first-order valence-electron chi connectivity index (χ1n) is 11.9. The molecule has 0 atom stereocenters. The molecule has 3 aromatic rings. The quantitative estimate of drug-likeness (QED) is 0.492. The van der Waals surface area contributed by atoms with E-state index in [1.165, 1.54) is 35.1 Å². The summed E-state index contributed by atoms with van der Waals surface area (Å²) in [5.41, 5.74) is 1.80. The molecule has 1 fully saturated rings. The third-order valence-corrected chi connectivity index (χ3v) is 6.44. The number of carbonyl (C=O) groups is 1. The van der Waals surface area contributed by atoms with Gasteiger partial charge in [-0.1, -0.05) is 18.2 Å². The Morgan fingerprint density at radius 3 is 2.42 bits per heavy atom. The second-order valence-electron chi connectivity index (χ2n) is 8.83. The average molecular weight is 493 g/mol. The molecule has 11 heteroatoms. The maximum atomic E-state index is 12.7. The van der Waals surface area contributed by atoms with Crippen molar-refractivity contribution in [3.8, 4) is 0 Å². The monoisotopic (exact) mass is 492 g/mol. The minimum Gasteiger partial charge on any atom is -0.368 e. The second-order valence-corrected chi connectivity index (χ2v) is 8.83. The number of nitrogens with zero attached hydrogens (tertiary/aromatic N) is 7. The lowest BCUT2D eigenvalue weighted by molar-refractivity contribution is -0.116. The van der Waals surface area contributed by atoms with Crippen molar-refractivity contribution in [2.45, 2.75) is 20.4 Å². The number of amides is 1. The lowest BCUT2D eigenvalue weighted by atomic mass is 10.2. The van der Waals surface area contributed by atoms with Gasteiger partial charge in [-0.15, -0.1) is 0 Å². The van der Waals surface area contributed by atoms with Crippen LogP contribution < -0.4 is 21.5 Å². The summed E-state index contributed by atoms with van der Waals surface area (Å²) >= 11 is 0. The number of allylic oxidation sites excluding steroid dienone is 2. The van der Waals surface area contributed by atoms with Crippen LogP contribution in [-0.4, -0.2) is 67.2 Å². The molecule has 1 saturated heterocycles. The minimum absolute atomic E-state index is 0.128. The fraction of sp³-hybridized carbons (Fsp3) is 0.400. The number of rotatable bonds is 7. The number of fused-ring (bicyclic) bond motifs is 1. The van der Waals surface area contributed by atoms with Gasteiger partial charge in [0.1, 0.15) is 12.4 Å². The number of nitrogens with one attached hydrogen (secondary N) is 1. The van der Waals surface area contributed by atoms with E-state index in [4.69, 9.17) is 0 Å². The Bertz CT molecular complexity index is 1420. The molecule has 3 aromatic heterocycles. The van der Waals surface area contributed by atoms with E-state index in [-0.39, 0.29) is 23.6 Å². The first kappa shape index (κ1) is 25.1. The molecule has 1 amide bonds. The molecule has 0 bridgehead atoms. The van der Waals surface area contributed by atoms with Crippen LogP contribution in [0.15, 0.2) is 58.0 Å². The van der Waals surface area contributed by atoms with Gasteiger partial charge in [-0.25, -0.2) is 14.8 Å². The summed E-state index contributed by atoms with van der Waals surface area (Å²) in [5, 5.41) is 2.77. The fourth-order valence-corrected chi connectivity index (χ4v) is 4.38.